The summed E-state index contributed by atoms with van der Waals surface area (Å²) in [7, 11) is 0. The zero-order chi connectivity index (χ0) is 15.3. The molecule has 106 valence electrons. The van der Waals surface area contributed by atoms with Crippen molar-refractivity contribution in [3.63, 3.8) is 0 Å². The minimum Gasteiger partial charge on any atom is -0.325 e. The Morgan fingerprint density at radius 2 is 1.71 bits per heavy atom. The van der Waals surface area contributed by atoms with Crippen LogP contribution in [0.1, 0.15) is 22.8 Å². The Balaban J connectivity index is 2.28. The lowest BCUT2D eigenvalue weighted by atomic mass is 10.1. The minimum atomic E-state index is -0.293. The Labute approximate surface area is 135 Å². The highest BCUT2D eigenvalue weighted by Gasteiger charge is 2.31. The second kappa shape index (κ2) is 5.02. The lowest BCUT2D eigenvalue weighted by Crippen LogP contribution is -2.07. The average molecular weight is 341 g/mol. The van der Waals surface area contributed by atoms with Gasteiger partial charge in [0.25, 0.3) is 0 Å². The number of nitrogens with one attached hydrogen (secondary N) is 1. The molecule has 3 rings (SSSR count). The van der Waals surface area contributed by atoms with E-state index in [0.717, 1.165) is 0 Å². The molecule has 0 aliphatic heterocycles. The zero-order valence-electron chi connectivity index (χ0n) is 10.8. The molecule has 21 heavy (non-hydrogen) atoms. The van der Waals surface area contributed by atoms with E-state index < -0.39 is 0 Å². The molecule has 6 heteroatoms. The molecule has 1 aliphatic carbocycles. The second-order valence-electron chi connectivity index (χ2n) is 4.67. The van der Waals surface area contributed by atoms with E-state index in [1.165, 1.54) is 6.92 Å². The van der Waals surface area contributed by atoms with Crippen LogP contribution in [-0.2, 0) is 4.79 Å². The highest BCUT2D eigenvalue weighted by atomic mass is 35.5. The maximum absolute atomic E-state index is 12.5. The molecule has 1 amide bonds. The fraction of sp³-hybridized carbons (Fsp3) is 0.0667. The van der Waals surface area contributed by atoms with Crippen molar-refractivity contribution in [2.24, 2.45) is 0 Å². The van der Waals surface area contributed by atoms with Gasteiger partial charge in [-0.05, 0) is 23.8 Å². The first-order chi connectivity index (χ1) is 9.90. The van der Waals surface area contributed by atoms with Gasteiger partial charge >= 0.3 is 0 Å². The molecule has 0 atom stereocenters. The Morgan fingerprint density at radius 1 is 1.00 bits per heavy atom. The third-order valence-corrected chi connectivity index (χ3v) is 4.36. The lowest BCUT2D eigenvalue weighted by molar-refractivity contribution is -0.114. The van der Waals surface area contributed by atoms with E-state index in [9.17, 15) is 9.59 Å². The number of fused-ring (bicyclic) bond motifs is 3. The smallest absolute Gasteiger partial charge is 0.221 e. The van der Waals surface area contributed by atoms with Gasteiger partial charge in [0.15, 0.2) is 5.78 Å². The van der Waals surface area contributed by atoms with E-state index in [4.69, 9.17) is 34.8 Å². The molecule has 2 aromatic rings. The third-order valence-electron chi connectivity index (χ3n) is 3.26. The number of carbonyl (C=O) groups is 2. The van der Waals surface area contributed by atoms with Gasteiger partial charge in [0, 0.05) is 28.6 Å². The van der Waals surface area contributed by atoms with Crippen LogP contribution in [0.5, 0.6) is 0 Å². The number of amides is 1. The number of hydrogen-bond acceptors (Lipinski definition) is 2. The number of hydrogen-bond donors (Lipinski definition) is 1. The normalized spacial score (nSPS) is 12.1. The quantitative estimate of drug-likeness (QED) is 0.690. The molecule has 0 heterocycles. The minimum absolute atomic E-state index is 0.187. The van der Waals surface area contributed by atoms with E-state index in [1.54, 1.807) is 24.3 Å². The van der Waals surface area contributed by atoms with E-state index in [0.29, 0.717) is 33.0 Å². The predicted octanol–water partition coefficient (Wildman–Crippen LogP) is 4.82. The van der Waals surface area contributed by atoms with Crippen LogP contribution in [0.2, 0.25) is 15.1 Å². The number of rotatable bonds is 1. The molecule has 1 aliphatic rings. The third kappa shape index (κ3) is 2.22. The van der Waals surface area contributed by atoms with Gasteiger partial charge in [-0.15, -0.1) is 0 Å². The molecule has 0 bridgehead atoms. The molecule has 3 nitrogen and oxygen atoms in total. The second-order valence-corrected chi connectivity index (χ2v) is 5.87. The average Bonchev–Trinajstić information content (AvgIpc) is 2.68. The summed E-state index contributed by atoms with van der Waals surface area (Å²) in [4.78, 5) is 23.7. The van der Waals surface area contributed by atoms with Gasteiger partial charge in [-0.1, -0.05) is 40.9 Å². The molecule has 2 aromatic carbocycles. The van der Waals surface area contributed by atoms with E-state index in [2.05, 4.69) is 5.32 Å². The maximum Gasteiger partial charge on any atom is 0.221 e. The van der Waals surface area contributed by atoms with Crippen LogP contribution in [-0.4, -0.2) is 11.7 Å². The number of anilines is 1. The van der Waals surface area contributed by atoms with Crippen LogP contribution < -0.4 is 5.32 Å². The number of benzene rings is 2. The van der Waals surface area contributed by atoms with E-state index in [1.807, 2.05) is 0 Å². The van der Waals surface area contributed by atoms with Gasteiger partial charge in [-0.25, -0.2) is 0 Å². The van der Waals surface area contributed by atoms with Crippen LogP contribution in [0.15, 0.2) is 24.3 Å². The van der Waals surface area contributed by atoms with Crippen molar-refractivity contribution in [1.29, 1.82) is 0 Å². The van der Waals surface area contributed by atoms with Gasteiger partial charge in [0.1, 0.15) is 0 Å². The number of carbonyl (C=O) groups excluding carboxylic acids is 2. The molecule has 0 fully saturated rings. The van der Waals surface area contributed by atoms with E-state index in [-0.39, 0.29) is 21.7 Å². The molecule has 0 unspecified atom stereocenters. The monoisotopic (exact) mass is 339 g/mol. The first-order valence-corrected chi connectivity index (χ1v) is 7.17. The summed E-state index contributed by atoms with van der Waals surface area (Å²) in [6.07, 6.45) is 0. The molecular weight excluding hydrogens is 333 g/mol. The van der Waals surface area contributed by atoms with Crippen LogP contribution in [0, 0.1) is 0 Å². The first-order valence-electron chi connectivity index (χ1n) is 6.04. The van der Waals surface area contributed by atoms with Gasteiger partial charge in [0.2, 0.25) is 5.91 Å². The van der Waals surface area contributed by atoms with Gasteiger partial charge in [-0.2, -0.15) is 0 Å². The first kappa shape index (κ1) is 14.4. The number of ketones is 1. The van der Waals surface area contributed by atoms with Gasteiger partial charge < -0.3 is 5.32 Å². The SMILES string of the molecule is CC(=O)Nc1cc2c(c(Cl)c1Cl)-c1ccc(Cl)cc1C2=O. The Hall–Kier alpha value is -1.55. The maximum atomic E-state index is 12.5. The highest BCUT2D eigenvalue weighted by Crippen LogP contribution is 2.47. The summed E-state index contributed by atoms with van der Waals surface area (Å²) in [5.74, 6) is -0.480. The molecular formula is C15H8Cl3NO2. The summed E-state index contributed by atoms with van der Waals surface area (Å²) >= 11 is 18.4. The Bertz CT molecular complexity index is 815. The largest absolute Gasteiger partial charge is 0.325 e. The van der Waals surface area contributed by atoms with Gasteiger partial charge in [0.05, 0.1) is 15.7 Å². The van der Waals surface area contributed by atoms with Crippen molar-refractivity contribution < 1.29 is 9.59 Å². The van der Waals surface area contributed by atoms with Crippen molar-refractivity contribution >= 4 is 52.2 Å². The van der Waals surface area contributed by atoms with E-state index >= 15 is 0 Å². The summed E-state index contributed by atoms with van der Waals surface area (Å²) in [5, 5.41) is 3.49. The molecule has 0 saturated carbocycles. The lowest BCUT2D eigenvalue weighted by Gasteiger charge is -2.11. The van der Waals surface area contributed by atoms with Gasteiger partial charge in [-0.3, -0.25) is 9.59 Å². The Morgan fingerprint density at radius 3 is 2.38 bits per heavy atom. The van der Waals surface area contributed by atoms with Crippen molar-refractivity contribution in [2.45, 2.75) is 6.92 Å². The molecule has 0 aromatic heterocycles. The van der Waals surface area contributed by atoms with Crippen LogP contribution in [0.3, 0.4) is 0 Å². The molecule has 0 radical (unpaired) electrons. The molecule has 0 saturated heterocycles. The summed E-state index contributed by atoms with van der Waals surface area (Å²) in [6, 6.07) is 6.57. The molecule has 1 N–H and O–H groups in total. The van der Waals surface area contributed by atoms with Crippen molar-refractivity contribution in [3.05, 3.63) is 50.5 Å². The standard InChI is InChI=1S/C15H8Cl3NO2/c1-6(20)19-11-5-10-12(14(18)13(11)17)8-3-2-7(16)4-9(8)15(10)21/h2-5H,1H3,(H,19,20). The van der Waals surface area contributed by atoms with Crippen LogP contribution >= 0.6 is 34.8 Å². The predicted molar refractivity (Wildman–Crippen MR) is 84.6 cm³/mol. The van der Waals surface area contributed by atoms with Crippen molar-refractivity contribution in [3.8, 4) is 11.1 Å². The summed E-state index contributed by atoms with van der Waals surface area (Å²) in [6.45, 7) is 1.35. The fourth-order valence-electron chi connectivity index (χ4n) is 2.42. The van der Waals surface area contributed by atoms with Crippen molar-refractivity contribution in [1.82, 2.24) is 0 Å². The van der Waals surface area contributed by atoms with Crippen LogP contribution in [0.25, 0.3) is 11.1 Å². The molecule has 0 spiro atoms. The van der Waals surface area contributed by atoms with Crippen molar-refractivity contribution in [2.75, 3.05) is 5.32 Å². The Kier molecular flexibility index (Phi) is 3.44. The summed E-state index contributed by atoms with van der Waals surface area (Å²) < 4.78 is 0. The van der Waals surface area contributed by atoms with Crippen LogP contribution in [0.4, 0.5) is 5.69 Å². The topological polar surface area (TPSA) is 46.2 Å². The highest BCUT2D eigenvalue weighted by molar-refractivity contribution is 6.47. The zero-order valence-corrected chi connectivity index (χ0v) is 13.0. The number of halogens is 3. The summed E-state index contributed by atoms with van der Waals surface area (Å²) in [5.41, 5.74) is 2.48. The fourth-order valence-corrected chi connectivity index (χ4v) is 3.09.